The Labute approximate surface area is 201 Å². The van der Waals surface area contributed by atoms with Crippen molar-refractivity contribution in [1.29, 1.82) is 0 Å². The second kappa shape index (κ2) is 8.83. The Morgan fingerprint density at radius 2 is 1.56 bits per heavy atom. The van der Waals surface area contributed by atoms with Crippen LogP contribution in [-0.4, -0.2) is 34.2 Å². The number of nitrogens with zero attached hydrogens (tertiary/aromatic N) is 3. The summed E-state index contributed by atoms with van der Waals surface area (Å²) in [6, 6.07) is 22.3. The van der Waals surface area contributed by atoms with E-state index >= 15 is 0 Å². The van der Waals surface area contributed by atoms with Gasteiger partial charge in [0.15, 0.2) is 5.13 Å². The number of fused-ring (bicyclic) bond motifs is 2. The molecule has 0 N–H and O–H groups in total. The highest BCUT2D eigenvalue weighted by Gasteiger charge is 2.37. The molecular formula is C27H23N3O3S. The fourth-order valence-electron chi connectivity index (χ4n) is 4.17. The third-order valence-corrected chi connectivity index (χ3v) is 6.99. The smallest absolute Gasteiger partial charge is 0.262 e. The topological polar surface area (TPSA) is 70.6 Å². The van der Waals surface area contributed by atoms with E-state index in [9.17, 15) is 14.4 Å². The van der Waals surface area contributed by atoms with Gasteiger partial charge in [0.1, 0.15) is 6.54 Å². The van der Waals surface area contributed by atoms with Crippen molar-refractivity contribution >= 4 is 44.4 Å². The van der Waals surface area contributed by atoms with E-state index in [1.165, 1.54) is 11.3 Å². The molecule has 0 saturated heterocycles. The van der Waals surface area contributed by atoms with E-state index in [1.54, 1.807) is 29.2 Å². The normalized spacial score (nSPS) is 13.1. The average molecular weight is 470 g/mol. The van der Waals surface area contributed by atoms with Crippen LogP contribution >= 0.6 is 11.3 Å². The third kappa shape index (κ3) is 3.88. The highest BCUT2D eigenvalue weighted by atomic mass is 32.1. The monoisotopic (exact) mass is 469 g/mol. The molecule has 34 heavy (non-hydrogen) atoms. The number of rotatable bonds is 6. The maximum Gasteiger partial charge on any atom is 0.262 e. The summed E-state index contributed by atoms with van der Waals surface area (Å²) in [6.07, 6.45) is 0. The van der Waals surface area contributed by atoms with Crippen LogP contribution < -0.4 is 4.90 Å². The van der Waals surface area contributed by atoms with Crippen LogP contribution in [0.5, 0.6) is 0 Å². The maximum atomic E-state index is 13.6. The van der Waals surface area contributed by atoms with Gasteiger partial charge in [-0.25, -0.2) is 4.98 Å². The molecule has 1 aliphatic rings. The summed E-state index contributed by atoms with van der Waals surface area (Å²) >= 11 is 1.44. The van der Waals surface area contributed by atoms with Crippen molar-refractivity contribution in [3.63, 3.8) is 0 Å². The van der Waals surface area contributed by atoms with Crippen LogP contribution in [0.25, 0.3) is 10.2 Å². The Hall–Kier alpha value is -3.84. The molecule has 0 aliphatic carbocycles. The number of amides is 3. The number of imide groups is 1. The average Bonchev–Trinajstić information content (AvgIpc) is 3.38. The number of carbonyl (C=O) groups is 3. The van der Waals surface area contributed by atoms with Gasteiger partial charge in [-0.05, 0) is 35.2 Å². The second-order valence-corrected chi connectivity index (χ2v) is 9.56. The van der Waals surface area contributed by atoms with Gasteiger partial charge in [0.05, 0.1) is 27.9 Å². The van der Waals surface area contributed by atoms with Gasteiger partial charge in [-0.1, -0.05) is 79.8 Å². The van der Waals surface area contributed by atoms with Gasteiger partial charge in [-0.3, -0.25) is 24.2 Å². The lowest BCUT2D eigenvalue weighted by atomic mass is 10.0. The first kappa shape index (κ1) is 22.0. The molecule has 5 rings (SSSR count). The van der Waals surface area contributed by atoms with Gasteiger partial charge < -0.3 is 0 Å². The number of para-hydroxylation sites is 1. The van der Waals surface area contributed by atoms with Crippen molar-refractivity contribution < 1.29 is 14.4 Å². The molecule has 0 saturated carbocycles. The van der Waals surface area contributed by atoms with Crippen LogP contribution in [0.2, 0.25) is 0 Å². The lowest BCUT2D eigenvalue weighted by molar-refractivity contribution is -0.119. The van der Waals surface area contributed by atoms with Gasteiger partial charge in [-0.15, -0.1) is 0 Å². The summed E-state index contributed by atoms with van der Waals surface area (Å²) < 4.78 is 0.993. The third-order valence-electron chi connectivity index (χ3n) is 5.95. The molecule has 0 fully saturated rings. The first-order valence-electron chi connectivity index (χ1n) is 11.1. The van der Waals surface area contributed by atoms with E-state index in [4.69, 9.17) is 4.98 Å². The summed E-state index contributed by atoms with van der Waals surface area (Å²) in [7, 11) is 0. The molecule has 3 amide bonds. The van der Waals surface area contributed by atoms with Gasteiger partial charge >= 0.3 is 0 Å². The molecule has 2 heterocycles. The Morgan fingerprint density at radius 1 is 0.912 bits per heavy atom. The van der Waals surface area contributed by atoms with E-state index in [0.717, 1.165) is 26.2 Å². The van der Waals surface area contributed by atoms with Crippen LogP contribution in [0.15, 0.2) is 72.8 Å². The Balaban J connectivity index is 1.50. The Kier molecular flexibility index (Phi) is 5.71. The summed E-state index contributed by atoms with van der Waals surface area (Å²) in [5, 5.41) is 0.550. The van der Waals surface area contributed by atoms with E-state index in [-0.39, 0.29) is 18.4 Å². The van der Waals surface area contributed by atoms with E-state index in [2.05, 4.69) is 19.9 Å². The molecule has 170 valence electrons. The Bertz CT molecular complexity index is 1380. The molecule has 4 aromatic rings. The molecular weight excluding hydrogens is 446 g/mol. The minimum absolute atomic E-state index is 0.287. The van der Waals surface area contributed by atoms with Gasteiger partial charge in [-0.2, -0.15) is 0 Å². The van der Waals surface area contributed by atoms with Crippen LogP contribution in [0.4, 0.5) is 5.13 Å². The quantitative estimate of drug-likeness (QED) is 0.362. The fraction of sp³-hybridized carbons (Fsp3) is 0.185. The van der Waals surface area contributed by atoms with E-state index in [0.29, 0.717) is 22.8 Å². The predicted molar refractivity (Wildman–Crippen MR) is 133 cm³/mol. The van der Waals surface area contributed by atoms with Gasteiger partial charge in [0.25, 0.3) is 11.8 Å². The molecule has 0 radical (unpaired) electrons. The minimum Gasteiger partial charge on any atom is -0.282 e. The maximum absolute atomic E-state index is 13.6. The number of benzene rings is 3. The minimum atomic E-state index is -0.444. The molecule has 0 bridgehead atoms. The zero-order valence-electron chi connectivity index (χ0n) is 18.9. The molecule has 0 atom stereocenters. The van der Waals surface area contributed by atoms with Crippen molar-refractivity contribution in [3.05, 3.63) is 95.1 Å². The largest absolute Gasteiger partial charge is 0.282 e. The number of thiazole rings is 1. The van der Waals surface area contributed by atoms with Gasteiger partial charge in [0.2, 0.25) is 5.91 Å². The van der Waals surface area contributed by atoms with Gasteiger partial charge in [0, 0.05) is 0 Å². The van der Waals surface area contributed by atoms with Crippen LogP contribution in [-0.2, 0) is 11.3 Å². The molecule has 0 unspecified atom stereocenters. The van der Waals surface area contributed by atoms with Crippen molar-refractivity contribution in [1.82, 2.24) is 9.88 Å². The summed E-state index contributed by atoms with van der Waals surface area (Å²) in [6.45, 7) is 4.18. The molecule has 6 nitrogen and oxygen atoms in total. The number of anilines is 1. The number of aromatic nitrogens is 1. The number of carbonyl (C=O) groups excluding carboxylic acids is 3. The predicted octanol–water partition coefficient (Wildman–Crippen LogP) is 5.25. The van der Waals surface area contributed by atoms with Crippen molar-refractivity contribution in [3.8, 4) is 0 Å². The van der Waals surface area contributed by atoms with Crippen molar-refractivity contribution in [2.24, 2.45) is 0 Å². The summed E-state index contributed by atoms with van der Waals surface area (Å²) in [5.74, 6) is -0.959. The lowest BCUT2D eigenvalue weighted by Gasteiger charge is -2.22. The molecule has 3 aromatic carbocycles. The first-order chi connectivity index (χ1) is 16.4. The summed E-state index contributed by atoms with van der Waals surface area (Å²) in [5.41, 5.74) is 3.59. The standard InChI is InChI=1S/C27H23N3O3S/c1-17(2)19-13-8-14-22-24(19)28-27(34-22)29(15-18-9-4-3-5-10-18)23(31)16-30-25(32)20-11-6-7-12-21(20)26(30)33/h3-14,17H,15-16H2,1-2H3. The van der Waals surface area contributed by atoms with Crippen molar-refractivity contribution in [2.45, 2.75) is 26.3 Å². The van der Waals surface area contributed by atoms with Crippen LogP contribution in [0.1, 0.15) is 51.6 Å². The van der Waals surface area contributed by atoms with Crippen LogP contribution in [0.3, 0.4) is 0 Å². The second-order valence-electron chi connectivity index (χ2n) is 8.55. The zero-order valence-corrected chi connectivity index (χ0v) is 19.7. The molecule has 1 aromatic heterocycles. The van der Waals surface area contributed by atoms with Crippen LogP contribution in [0, 0.1) is 0 Å². The highest BCUT2D eigenvalue weighted by Crippen LogP contribution is 2.34. The molecule has 0 spiro atoms. The Morgan fingerprint density at radius 3 is 2.21 bits per heavy atom. The molecule has 7 heteroatoms. The first-order valence-corrected chi connectivity index (χ1v) is 11.9. The van der Waals surface area contributed by atoms with Crippen molar-refractivity contribution in [2.75, 3.05) is 11.4 Å². The number of hydrogen-bond donors (Lipinski definition) is 0. The highest BCUT2D eigenvalue weighted by molar-refractivity contribution is 7.22. The zero-order chi connectivity index (χ0) is 23.8. The SMILES string of the molecule is CC(C)c1cccc2sc(N(Cc3ccccc3)C(=O)CN3C(=O)c4ccccc4C3=O)nc12. The van der Waals surface area contributed by atoms with E-state index < -0.39 is 11.8 Å². The summed E-state index contributed by atoms with van der Waals surface area (Å²) in [4.78, 5) is 46.7. The molecule has 1 aliphatic heterocycles. The lowest BCUT2D eigenvalue weighted by Crippen LogP contribution is -2.42. The fourth-order valence-corrected chi connectivity index (χ4v) is 5.19. The number of hydrogen-bond acceptors (Lipinski definition) is 5. The van der Waals surface area contributed by atoms with E-state index in [1.807, 2.05) is 42.5 Å².